The minimum atomic E-state index is -0.968. The van der Waals surface area contributed by atoms with Crippen LogP contribution in [0.4, 0.5) is 0 Å². The first-order chi connectivity index (χ1) is 9.43. The Morgan fingerprint density at radius 1 is 1.45 bits per heavy atom. The summed E-state index contributed by atoms with van der Waals surface area (Å²) in [6.45, 7) is 6.58. The summed E-state index contributed by atoms with van der Waals surface area (Å²) < 4.78 is 5.41. The van der Waals surface area contributed by atoms with Crippen molar-refractivity contribution in [2.45, 2.75) is 39.0 Å². The molecule has 1 saturated heterocycles. The number of β-lactam (4-membered cyclic amide) rings is 1. The van der Waals surface area contributed by atoms with E-state index in [2.05, 4.69) is 10.6 Å². The number of para-hydroxylation sites is 1. The number of aliphatic hydroxyl groups is 1. The van der Waals surface area contributed by atoms with Gasteiger partial charge in [-0.1, -0.05) is 25.1 Å². The maximum Gasteiger partial charge on any atom is 0.222 e. The Hall–Kier alpha value is -1.59. The lowest BCUT2D eigenvalue weighted by atomic mass is 10.1. The SMILES string of the molecule is CC1CC(=O)N1.CCNC(C)(O)COc1ccccc1. The number of hydrogen-bond donors (Lipinski definition) is 3. The van der Waals surface area contributed by atoms with Gasteiger partial charge in [0.05, 0.1) is 0 Å². The molecule has 1 aliphatic heterocycles. The average molecular weight is 280 g/mol. The molecule has 5 heteroatoms. The summed E-state index contributed by atoms with van der Waals surface area (Å²) in [5, 5.41) is 15.3. The summed E-state index contributed by atoms with van der Waals surface area (Å²) in [4.78, 5) is 10.00. The van der Waals surface area contributed by atoms with Crippen LogP contribution in [0.2, 0.25) is 0 Å². The predicted octanol–water partition coefficient (Wildman–Crippen LogP) is 1.28. The monoisotopic (exact) mass is 280 g/mol. The molecular weight excluding hydrogens is 256 g/mol. The lowest BCUT2D eigenvalue weighted by molar-refractivity contribution is -0.127. The van der Waals surface area contributed by atoms with Crippen molar-refractivity contribution in [3.8, 4) is 5.75 Å². The second-order valence-electron chi connectivity index (χ2n) is 5.08. The summed E-state index contributed by atoms with van der Waals surface area (Å²) in [7, 11) is 0. The zero-order chi connectivity index (χ0) is 15.0. The Morgan fingerprint density at radius 2 is 2.05 bits per heavy atom. The number of hydrogen-bond acceptors (Lipinski definition) is 4. The van der Waals surface area contributed by atoms with Gasteiger partial charge >= 0.3 is 0 Å². The van der Waals surface area contributed by atoms with Crippen LogP contribution in [0.3, 0.4) is 0 Å². The highest BCUT2D eigenvalue weighted by molar-refractivity contribution is 5.82. The maximum atomic E-state index is 10.00. The topological polar surface area (TPSA) is 70.6 Å². The first kappa shape index (κ1) is 16.5. The molecule has 1 aromatic carbocycles. The summed E-state index contributed by atoms with van der Waals surface area (Å²) in [5.74, 6) is 0.952. The van der Waals surface area contributed by atoms with E-state index in [4.69, 9.17) is 4.74 Å². The molecule has 0 radical (unpaired) electrons. The number of benzene rings is 1. The van der Waals surface area contributed by atoms with Gasteiger partial charge in [0.25, 0.3) is 0 Å². The molecule has 0 spiro atoms. The number of likely N-dealkylation sites (N-methyl/N-ethyl adjacent to an activating group) is 1. The molecule has 1 aromatic rings. The van der Waals surface area contributed by atoms with Gasteiger partial charge in [0.15, 0.2) is 0 Å². The van der Waals surface area contributed by atoms with E-state index < -0.39 is 5.72 Å². The first-order valence-corrected chi connectivity index (χ1v) is 6.87. The van der Waals surface area contributed by atoms with Crippen LogP contribution in [0.1, 0.15) is 27.2 Å². The molecule has 0 aliphatic carbocycles. The summed E-state index contributed by atoms with van der Waals surface area (Å²) in [5.41, 5.74) is -0.968. The van der Waals surface area contributed by atoms with Crippen molar-refractivity contribution < 1.29 is 14.6 Å². The fraction of sp³-hybridized carbons (Fsp3) is 0.533. The first-order valence-electron chi connectivity index (χ1n) is 6.87. The van der Waals surface area contributed by atoms with Crippen molar-refractivity contribution in [3.63, 3.8) is 0 Å². The predicted molar refractivity (Wildman–Crippen MR) is 78.5 cm³/mol. The van der Waals surface area contributed by atoms with Gasteiger partial charge in [-0.2, -0.15) is 0 Å². The van der Waals surface area contributed by atoms with Crippen LogP contribution in [-0.2, 0) is 4.79 Å². The highest BCUT2D eigenvalue weighted by Crippen LogP contribution is 2.10. The van der Waals surface area contributed by atoms with Crippen molar-refractivity contribution in [1.82, 2.24) is 10.6 Å². The molecule has 0 aromatic heterocycles. The molecule has 1 heterocycles. The third-order valence-corrected chi connectivity index (χ3v) is 2.72. The Balaban J connectivity index is 0.000000276. The Labute approximate surface area is 120 Å². The third-order valence-electron chi connectivity index (χ3n) is 2.72. The number of ether oxygens (including phenoxy) is 1. The smallest absolute Gasteiger partial charge is 0.222 e. The van der Waals surface area contributed by atoms with Crippen LogP contribution in [-0.4, -0.2) is 35.9 Å². The van der Waals surface area contributed by atoms with Gasteiger partial charge in [0.2, 0.25) is 5.91 Å². The highest BCUT2D eigenvalue weighted by Gasteiger charge is 2.19. The number of carbonyl (C=O) groups excluding carboxylic acids is 1. The molecule has 5 nitrogen and oxygen atoms in total. The molecule has 1 amide bonds. The van der Waals surface area contributed by atoms with Crippen molar-refractivity contribution in [3.05, 3.63) is 30.3 Å². The molecule has 1 fully saturated rings. The van der Waals surface area contributed by atoms with Gasteiger partial charge in [-0.15, -0.1) is 0 Å². The largest absolute Gasteiger partial charge is 0.489 e. The quantitative estimate of drug-likeness (QED) is 0.561. The second kappa shape index (κ2) is 7.87. The van der Waals surface area contributed by atoms with Gasteiger partial charge in [-0.3, -0.25) is 10.1 Å². The molecule has 0 saturated carbocycles. The van der Waals surface area contributed by atoms with Crippen molar-refractivity contribution in [2.24, 2.45) is 0 Å². The lowest BCUT2D eigenvalue weighted by Crippen LogP contribution is -2.47. The van der Waals surface area contributed by atoms with E-state index in [0.29, 0.717) is 12.6 Å². The van der Waals surface area contributed by atoms with Gasteiger partial charge in [0, 0.05) is 12.5 Å². The van der Waals surface area contributed by atoms with Crippen LogP contribution < -0.4 is 15.4 Å². The van der Waals surface area contributed by atoms with Gasteiger partial charge in [-0.05, 0) is 32.5 Å². The van der Waals surface area contributed by atoms with E-state index in [9.17, 15) is 9.90 Å². The lowest BCUT2D eigenvalue weighted by Gasteiger charge is -2.24. The van der Waals surface area contributed by atoms with E-state index in [1.54, 1.807) is 6.92 Å². The van der Waals surface area contributed by atoms with Crippen molar-refractivity contribution >= 4 is 5.91 Å². The van der Waals surface area contributed by atoms with E-state index in [1.165, 1.54) is 0 Å². The fourth-order valence-electron chi connectivity index (χ4n) is 1.70. The molecule has 2 rings (SSSR count). The Bertz CT molecular complexity index is 399. The van der Waals surface area contributed by atoms with E-state index in [1.807, 2.05) is 44.2 Å². The number of amides is 1. The zero-order valence-corrected chi connectivity index (χ0v) is 12.3. The van der Waals surface area contributed by atoms with Crippen LogP contribution in [0.5, 0.6) is 5.75 Å². The number of carbonyl (C=O) groups is 1. The standard InChI is InChI=1S/C11H17NO2.C4H7NO/c1-3-12-11(2,13)9-14-10-7-5-4-6-8-10;1-3-2-4(6)5-3/h4-8,12-13H,3,9H2,1-2H3;3H,2H2,1H3,(H,5,6). The van der Waals surface area contributed by atoms with Crippen LogP contribution >= 0.6 is 0 Å². The average Bonchev–Trinajstić information content (AvgIpc) is 2.37. The molecule has 20 heavy (non-hydrogen) atoms. The Kier molecular flexibility index (Phi) is 6.48. The van der Waals surface area contributed by atoms with Crippen LogP contribution in [0.15, 0.2) is 30.3 Å². The molecule has 1 aliphatic rings. The zero-order valence-electron chi connectivity index (χ0n) is 12.3. The molecule has 3 N–H and O–H groups in total. The number of nitrogens with one attached hydrogen (secondary N) is 2. The highest BCUT2D eigenvalue weighted by atomic mass is 16.5. The second-order valence-corrected chi connectivity index (χ2v) is 5.08. The van der Waals surface area contributed by atoms with Gasteiger partial charge < -0.3 is 15.2 Å². The summed E-state index contributed by atoms with van der Waals surface area (Å²) >= 11 is 0. The molecule has 112 valence electrons. The summed E-state index contributed by atoms with van der Waals surface area (Å²) in [6, 6.07) is 9.89. The molecular formula is C15H24N2O3. The molecule has 2 unspecified atom stereocenters. The molecule has 2 atom stereocenters. The van der Waals surface area contributed by atoms with Crippen LogP contribution in [0.25, 0.3) is 0 Å². The van der Waals surface area contributed by atoms with Crippen LogP contribution in [0, 0.1) is 0 Å². The Morgan fingerprint density at radius 3 is 2.45 bits per heavy atom. The normalized spacial score (nSPS) is 19.8. The fourth-order valence-corrected chi connectivity index (χ4v) is 1.70. The van der Waals surface area contributed by atoms with Crippen molar-refractivity contribution in [1.29, 1.82) is 0 Å². The van der Waals surface area contributed by atoms with E-state index >= 15 is 0 Å². The number of rotatable bonds is 5. The maximum absolute atomic E-state index is 10.00. The minimum Gasteiger partial charge on any atom is -0.489 e. The van der Waals surface area contributed by atoms with Gasteiger partial charge in [-0.25, -0.2) is 0 Å². The third kappa shape index (κ3) is 6.54. The van der Waals surface area contributed by atoms with E-state index in [-0.39, 0.29) is 12.5 Å². The van der Waals surface area contributed by atoms with E-state index in [0.717, 1.165) is 12.2 Å². The van der Waals surface area contributed by atoms with Gasteiger partial charge in [0.1, 0.15) is 18.1 Å². The minimum absolute atomic E-state index is 0.183. The summed E-state index contributed by atoms with van der Waals surface area (Å²) in [6.07, 6.45) is 0.722. The molecule has 0 bridgehead atoms. The van der Waals surface area contributed by atoms with Crippen molar-refractivity contribution in [2.75, 3.05) is 13.2 Å².